The summed E-state index contributed by atoms with van der Waals surface area (Å²) in [6.07, 6.45) is 3.55. The fourth-order valence-corrected chi connectivity index (χ4v) is 3.59. The summed E-state index contributed by atoms with van der Waals surface area (Å²) in [6, 6.07) is -0.874. The SMILES string of the molecule is CO[C@H]1CC[C@H]([C@H]2CCN(C(=O)O)[C@H]2C(=O)O)CC1. The van der Waals surface area contributed by atoms with Gasteiger partial charge in [0.05, 0.1) is 6.10 Å². The summed E-state index contributed by atoms with van der Waals surface area (Å²) in [5.41, 5.74) is 0. The van der Waals surface area contributed by atoms with E-state index in [-0.39, 0.29) is 12.0 Å². The van der Waals surface area contributed by atoms with Crippen LogP contribution in [0.25, 0.3) is 0 Å². The predicted octanol–water partition coefficient (Wildman–Crippen LogP) is 1.64. The Hall–Kier alpha value is -1.30. The number of nitrogens with zero attached hydrogens (tertiary/aromatic N) is 1. The smallest absolute Gasteiger partial charge is 0.408 e. The van der Waals surface area contributed by atoms with Gasteiger partial charge in [-0.05, 0) is 43.9 Å². The van der Waals surface area contributed by atoms with Crippen LogP contribution in [0, 0.1) is 11.8 Å². The molecule has 6 nitrogen and oxygen atoms in total. The Morgan fingerprint density at radius 1 is 1.11 bits per heavy atom. The first-order valence-electron chi connectivity index (χ1n) is 6.79. The molecule has 1 saturated carbocycles. The van der Waals surface area contributed by atoms with E-state index in [0.717, 1.165) is 30.6 Å². The topological polar surface area (TPSA) is 87.1 Å². The van der Waals surface area contributed by atoms with Crippen molar-refractivity contribution in [2.24, 2.45) is 11.8 Å². The van der Waals surface area contributed by atoms with E-state index in [1.54, 1.807) is 7.11 Å². The number of hydrogen-bond acceptors (Lipinski definition) is 3. The van der Waals surface area contributed by atoms with E-state index in [2.05, 4.69) is 0 Å². The number of ether oxygens (including phenoxy) is 1. The Labute approximate surface area is 112 Å². The van der Waals surface area contributed by atoms with Gasteiger partial charge in [-0.25, -0.2) is 9.59 Å². The summed E-state index contributed by atoms with van der Waals surface area (Å²) in [6.45, 7) is 0.334. The predicted molar refractivity (Wildman–Crippen MR) is 67.0 cm³/mol. The van der Waals surface area contributed by atoms with E-state index in [1.807, 2.05) is 0 Å². The van der Waals surface area contributed by atoms with Crippen LogP contribution in [0.4, 0.5) is 4.79 Å². The van der Waals surface area contributed by atoms with Gasteiger partial charge in [-0.15, -0.1) is 0 Å². The van der Waals surface area contributed by atoms with E-state index in [1.165, 1.54) is 0 Å². The molecule has 2 atom stereocenters. The highest BCUT2D eigenvalue weighted by Gasteiger charge is 2.45. The van der Waals surface area contributed by atoms with Crippen LogP contribution >= 0.6 is 0 Å². The highest BCUT2D eigenvalue weighted by Crippen LogP contribution is 2.39. The molecule has 0 aromatic heterocycles. The largest absolute Gasteiger partial charge is 0.480 e. The lowest BCUT2D eigenvalue weighted by Crippen LogP contribution is -2.44. The Morgan fingerprint density at radius 3 is 2.21 bits per heavy atom. The van der Waals surface area contributed by atoms with Crippen LogP contribution in [0.1, 0.15) is 32.1 Å². The van der Waals surface area contributed by atoms with Crippen LogP contribution in [-0.2, 0) is 9.53 Å². The monoisotopic (exact) mass is 271 g/mol. The highest BCUT2D eigenvalue weighted by atomic mass is 16.5. The van der Waals surface area contributed by atoms with Crippen molar-refractivity contribution in [1.82, 2.24) is 4.90 Å². The molecule has 2 N–H and O–H groups in total. The molecule has 1 amide bonds. The van der Waals surface area contributed by atoms with Crippen molar-refractivity contribution in [1.29, 1.82) is 0 Å². The molecule has 2 rings (SSSR count). The number of carboxylic acid groups (broad SMARTS) is 2. The Kier molecular flexibility index (Phi) is 4.29. The maximum Gasteiger partial charge on any atom is 0.408 e. The van der Waals surface area contributed by atoms with Gasteiger partial charge in [0.15, 0.2) is 0 Å². The molecule has 1 saturated heterocycles. The number of rotatable bonds is 3. The fraction of sp³-hybridized carbons (Fsp3) is 0.846. The van der Waals surface area contributed by atoms with E-state index in [4.69, 9.17) is 9.84 Å². The Morgan fingerprint density at radius 2 is 1.74 bits per heavy atom. The van der Waals surface area contributed by atoms with Crippen molar-refractivity contribution < 1.29 is 24.5 Å². The van der Waals surface area contributed by atoms with Gasteiger partial charge in [0, 0.05) is 13.7 Å². The van der Waals surface area contributed by atoms with Crippen molar-refractivity contribution in [3.8, 4) is 0 Å². The summed E-state index contributed by atoms with van der Waals surface area (Å²) in [5.74, 6) is -0.762. The second-order valence-electron chi connectivity index (χ2n) is 5.48. The third-order valence-electron chi connectivity index (χ3n) is 4.60. The molecule has 6 heteroatoms. The molecule has 0 aromatic rings. The molecular formula is C13H21NO5. The number of carboxylic acids is 1. The number of aliphatic carboxylic acids is 1. The molecule has 1 aliphatic heterocycles. The van der Waals surface area contributed by atoms with Gasteiger partial charge < -0.3 is 14.9 Å². The Balaban J connectivity index is 2.03. The minimum atomic E-state index is -1.12. The van der Waals surface area contributed by atoms with E-state index >= 15 is 0 Å². The first kappa shape index (κ1) is 14.1. The quantitative estimate of drug-likeness (QED) is 0.815. The maximum absolute atomic E-state index is 11.4. The molecule has 2 fully saturated rings. The molecule has 0 unspecified atom stereocenters. The number of likely N-dealkylation sites (tertiary alicyclic amines) is 1. The van der Waals surface area contributed by atoms with Crippen LogP contribution < -0.4 is 0 Å². The molecule has 0 spiro atoms. The molecule has 19 heavy (non-hydrogen) atoms. The van der Waals surface area contributed by atoms with Crippen molar-refractivity contribution in [3.63, 3.8) is 0 Å². The van der Waals surface area contributed by atoms with E-state index in [9.17, 15) is 14.7 Å². The first-order chi connectivity index (χ1) is 9.04. The van der Waals surface area contributed by atoms with Crippen molar-refractivity contribution >= 4 is 12.1 Å². The fourth-order valence-electron chi connectivity index (χ4n) is 3.59. The van der Waals surface area contributed by atoms with E-state index < -0.39 is 18.1 Å². The zero-order valence-corrected chi connectivity index (χ0v) is 11.1. The molecular weight excluding hydrogens is 250 g/mol. The lowest BCUT2D eigenvalue weighted by molar-refractivity contribution is -0.143. The van der Waals surface area contributed by atoms with Gasteiger partial charge in [-0.1, -0.05) is 0 Å². The molecule has 2 aliphatic rings. The van der Waals surface area contributed by atoms with Gasteiger partial charge in [-0.3, -0.25) is 4.90 Å². The number of methoxy groups -OCH3 is 1. The maximum atomic E-state index is 11.4. The summed E-state index contributed by atoms with van der Waals surface area (Å²) in [4.78, 5) is 23.5. The van der Waals surface area contributed by atoms with Crippen LogP contribution in [-0.4, -0.2) is 53.0 Å². The molecule has 1 aliphatic carbocycles. The van der Waals surface area contributed by atoms with Gasteiger partial charge in [0.25, 0.3) is 0 Å². The van der Waals surface area contributed by atoms with Gasteiger partial charge in [0.1, 0.15) is 6.04 Å². The second kappa shape index (κ2) is 5.77. The number of carbonyl (C=O) groups is 2. The van der Waals surface area contributed by atoms with Crippen LogP contribution in [0.5, 0.6) is 0 Å². The first-order valence-corrected chi connectivity index (χ1v) is 6.79. The van der Waals surface area contributed by atoms with Crippen LogP contribution in [0.2, 0.25) is 0 Å². The number of amides is 1. The minimum Gasteiger partial charge on any atom is -0.480 e. The summed E-state index contributed by atoms with van der Waals surface area (Å²) in [5, 5.41) is 18.4. The molecule has 108 valence electrons. The zero-order chi connectivity index (χ0) is 14.0. The Bertz CT molecular complexity index is 351. The van der Waals surface area contributed by atoms with Crippen molar-refractivity contribution in [2.75, 3.05) is 13.7 Å². The van der Waals surface area contributed by atoms with E-state index in [0.29, 0.717) is 18.9 Å². The third-order valence-corrected chi connectivity index (χ3v) is 4.60. The number of hydrogen-bond donors (Lipinski definition) is 2. The van der Waals surface area contributed by atoms with Gasteiger partial charge >= 0.3 is 12.1 Å². The average Bonchev–Trinajstić information content (AvgIpc) is 2.83. The zero-order valence-electron chi connectivity index (χ0n) is 11.1. The molecule has 0 bridgehead atoms. The van der Waals surface area contributed by atoms with Crippen molar-refractivity contribution in [3.05, 3.63) is 0 Å². The molecule has 0 aromatic carbocycles. The van der Waals surface area contributed by atoms with Gasteiger partial charge in [0.2, 0.25) is 0 Å². The average molecular weight is 271 g/mol. The van der Waals surface area contributed by atoms with Gasteiger partial charge in [-0.2, -0.15) is 0 Å². The summed E-state index contributed by atoms with van der Waals surface area (Å²) in [7, 11) is 1.70. The van der Waals surface area contributed by atoms with Crippen LogP contribution in [0.15, 0.2) is 0 Å². The minimum absolute atomic E-state index is 0.0496. The lowest BCUT2D eigenvalue weighted by atomic mass is 9.76. The van der Waals surface area contributed by atoms with Crippen molar-refractivity contribution in [2.45, 2.75) is 44.2 Å². The van der Waals surface area contributed by atoms with Crippen LogP contribution in [0.3, 0.4) is 0 Å². The lowest BCUT2D eigenvalue weighted by Gasteiger charge is -2.33. The standard InChI is InChI=1S/C13H21NO5/c1-19-9-4-2-8(3-5-9)10-6-7-14(13(17)18)11(10)12(15)16/h8-11H,2-7H2,1H3,(H,15,16)(H,17,18)/t8-,9-,10-,11-/m1/s1. The third kappa shape index (κ3) is 2.83. The normalized spacial score (nSPS) is 35.3. The summed E-state index contributed by atoms with van der Waals surface area (Å²) < 4.78 is 5.31. The highest BCUT2D eigenvalue weighted by molar-refractivity contribution is 5.80. The molecule has 1 heterocycles. The summed E-state index contributed by atoms with van der Waals surface area (Å²) >= 11 is 0. The second-order valence-corrected chi connectivity index (χ2v) is 5.48. The molecule has 0 radical (unpaired) electrons.